The molecule has 1 aromatic rings. The molecule has 0 aliphatic heterocycles. The van der Waals surface area contributed by atoms with Crippen LogP contribution in [0.5, 0.6) is 5.75 Å². The Hall–Kier alpha value is -1.58. The Kier molecular flexibility index (Phi) is 13.4. The van der Waals surface area contributed by atoms with E-state index in [0.717, 1.165) is 19.3 Å². The first-order valence-corrected chi connectivity index (χ1v) is 11.4. The summed E-state index contributed by atoms with van der Waals surface area (Å²) in [5.74, 6) is -0.272. The van der Waals surface area contributed by atoms with Gasteiger partial charge in [0.25, 0.3) is 0 Å². The molecule has 0 spiro atoms. The second-order valence-corrected chi connectivity index (χ2v) is 8.03. The van der Waals surface area contributed by atoms with Crippen molar-refractivity contribution in [3.63, 3.8) is 0 Å². The molecule has 160 valence electrons. The third-order valence-corrected chi connectivity index (χ3v) is 5.34. The molecule has 0 unspecified atom stereocenters. The van der Waals surface area contributed by atoms with Gasteiger partial charge in [-0.2, -0.15) is 0 Å². The first-order valence-electron chi connectivity index (χ1n) is 11.4. The van der Waals surface area contributed by atoms with Crippen LogP contribution in [0.2, 0.25) is 0 Å². The Morgan fingerprint density at radius 1 is 0.821 bits per heavy atom. The maximum absolute atomic E-state index is 12.1. The normalized spacial score (nSPS) is 11.1. The lowest BCUT2D eigenvalue weighted by Crippen LogP contribution is -2.14. The summed E-state index contributed by atoms with van der Waals surface area (Å²) in [7, 11) is 0. The quantitative estimate of drug-likeness (QED) is 0.227. The van der Waals surface area contributed by atoms with Crippen molar-refractivity contribution in [3.05, 3.63) is 27.8 Å². The monoisotopic (exact) mass is 392 g/mol. The highest BCUT2D eigenvalue weighted by Gasteiger charge is 2.17. The smallest absolute Gasteiger partial charge is 0.350 e. The van der Waals surface area contributed by atoms with Gasteiger partial charge in [-0.25, -0.2) is 4.79 Å². The van der Waals surface area contributed by atoms with Crippen LogP contribution in [0.25, 0.3) is 0 Å². The van der Waals surface area contributed by atoms with Crippen molar-refractivity contribution in [2.75, 3.05) is 0 Å². The molecule has 0 fully saturated rings. The summed E-state index contributed by atoms with van der Waals surface area (Å²) >= 11 is 0. The number of Topliss-reactive ketones (excluding diaryl/α,β-unsaturated/α-hetero) is 1. The molecule has 0 aliphatic carbocycles. The van der Waals surface area contributed by atoms with Crippen molar-refractivity contribution in [2.45, 2.75) is 117 Å². The standard InChI is InChI=1S/C24H40O4/c1-3-4-5-6-7-8-9-10-11-12-13-14-15-16-17-18-21(25)23-22(26)19-20(2)28-24(23)27/h19,26H,3-18H2,1-2H3. The van der Waals surface area contributed by atoms with Crippen molar-refractivity contribution < 1.29 is 14.3 Å². The van der Waals surface area contributed by atoms with E-state index in [-0.39, 0.29) is 17.1 Å². The van der Waals surface area contributed by atoms with Crippen LogP contribution in [0.15, 0.2) is 15.3 Å². The molecule has 28 heavy (non-hydrogen) atoms. The van der Waals surface area contributed by atoms with E-state index < -0.39 is 5.63 Å². The lowest BCUT2D eigenvalue weighted by atomic mass is 10.0. The SMILES string of the molecule is CCCCCCCCCCCCCCCCCC(=O)c1c(O)cc(C)oc1=O. The van der Waals surface area contributed by atoms with Gasteiger partial charge in [0.2, 0.25) is 0 Å². The molecule has 4 heteroatoms. The van der Waals surface area contributed by atoms with E-state index in [2.05, 4.69) is 6.92 Å². The van der Waals surface area contributed by atoms with Gasteiger partial charge in [0.05, 0.1) is 0 Å². The van der Waals surface area contributed by atoms with E-state index in [1.54, 1.807) is 6.92 Å². The van der Waals surface area contributed by atoms with Crippen LogP contribution in [0, 0.1) is 6.92 Å². The van der Waals surface area contributed by atoms with Crippen molar-refractivity contribution in [1.29, 1.82) is 0 Å². The van der Waals surface area contributed by atoms with Gasteiger partial charge in [-0.15, -0.1) is 0 Å². The Morgan fingerprint density at radius 2 is 1.25 bits per heavy atom. The fraction of sp³-hybridized carbons (Fsp3) is 0.750. The number of carbonyl (C=O) groups is 1. The highest BCUT2D eigenvalue weighted by Crippen LogP contribution is 2.18. The Balaban J connectivity index is 1.96. The van der Waals surface area contributed by atoms with E-state index >= 15 is 0 Å². The number of aryl methyl sites for hydroxylation is 1. The largest absolute Gasteiger partial charge is 0.507 e. The zero-order valence-corrected chi connectivity index (χ0v) is 18.1. The number of hydrogen-bond acceptors (Lipinski definition) is 4. The predicted octanol–water partition coefficient (Wildman–Crippen LogP) is 7.10. The summed E-state index contributed by atoms with van der Waals surface area (Å²) in [4.78, 5) is 23.8. The van der Waals surface area contributed by atoms with Crippen LogP contribution in [0.1, 0.15) is 126 Å². The highest BCUT2D eigenvalue weighted by atomic mass is 16.4. The highest BCUT2D eigenvalue weighted by molar-refractivity contribution is 5.97. The molecule has 0 amide bonds. The molecule has 0 radical (unpaired) electrons. The summed E-state index contributed by atoms with van der Waals surface area (Å²) in [6.45, 7) is 3.83. The summed E-state index contributed by atoms with van der Waals surface area (Å²) in [5.41, 5.74) is -0.931. The van der Waals surface area contributed by atoms with E-state index in [4.69, 9.17) is 4.42 Å². The first-order chi connectivity index (χ1) is 13.6. The van der Waals surface area contributed by atoms with Gasteiger partial charge in [-0.3, -0.25) is 4.79 Å². The molecular formula is C24H40O4. The van der Waals surface area contributed by atoms with Gasteiger partial charge >= 0.3 is 5.63 Å². The van der Waals surface area contributed by atoms with Crippen LogP contribution < -0.4 is 5.63 Å². The Labute approximate surface area is 170 Å². The third kappa shape index (κ3) is 10.7. The molecule has 0 saturated carbocycles. The van der Waals surface area contributed by atoms with E-state index in [9.17, 15) is 14.7 Å². The Morgan fingerprint density at radius 3 is 1.68 bits per heavy atom. The fourth-order valence-electron chi connectivity index (χ4n) is 3.63. The molecule has 0 saturated heterocycles. The average molecular weight is 393 g/mol. The van der Waals surface area contributed by atoms with Crippen LogP contribution in [0.3, 0.4) is 0 Å². The van der Waals surface area contributed by atoms with Crippen molar-refractivity contribution >= 4 is 5.78 Å². The Bertz CT molecular complexity index is 603. The van der Waals surface area contributed by atoms with E-state index in [1.165, 1.54) is 83.1 Å². The van der Waals surface area contributed by atoms with Gasteiger partial charge in [-0.05, 0) is 13.3 Å². The van der Waals surface area contributed by atoms with Gasteiger partial charge in [0.15, 0.2) is 5.78 Å². The number of carbonyl (C=O) groups excluding carboxylic acids is 1. The summed E-state index contributed by atoms with van der Waals surface area (Å²) in [5, 5.41) is 9.79. The molecule has 4 nitrogen and oxygen atoms in total. The second kappa shape index (κ2) is 15.4. The molecule has 0 aliphatic rings. The first kappa shape index (κ1) is 24.5. The molecule has 1 aromatic heterocycles. The van der Waals surface area contributed by atoms with Gasteiger partial charge in [0.1, 0.15) is 17.1 Å². The van der Waals surface area contributed by atoms with E-state index in [0.29, 0.717) is 12.2 Å². The van der Waals surface area contributed by atoms with Crippen molar-refractivity contribution in [2.24, 2.45) is 0 Å². The van der Waals surface area contributed by atoms with Crippen LogP contribution in [0.4, 0.5) is 0 Å². The van der Waals surface area contributed by atoms with Gasteiger partial charge in [0, 0.05) is 12.5 Å². The molecule has 1 N–H and O–H groups in total. The molecule has 1 heterocycles. The number of aromatic hydroxyl groups is 1. The number of unbranched alkanes of at least 4 members (excludes halogenated alkanes) is 14. The van der Waals surface area contributed by atoms with Crippen LogP contribution >= 0.6 is 0 Å². The number of ketones is 1. The summed E-state index contributed by atoms with van der Waals surface area (Å²) in [6, 6.07) is 1.32. The minimum Gasteiger partial charge on any atom is -0.507 e. The third-order valence-electron chi connectivity index (χ3n) is 5.34. The molecule has 1 rings (SSSR count). The fourth-order valence-corrected chi connectivity index (χ4v) is 3.63. The minimum atomic E-state index is -0.733. The molecular weight excluding hydrogens is 352 g/mol. The van der Waals surface area contributed by atoms with Crippen LogP contribution in [-0.2, 0) is 0 Å². The van der Waals surface area contributed by atoms with Gasteiger partial charge in [-0.1, -0.05) is 96.8 Å². The number of rotatable bonds is 17. The topological polar surface area (TPSA) is 67.5 Å². The van der Waals surface area contributed by atoms with Crippen molar-refractivity contribution in [1.82, 2.24) is 0 Å². The zero-order chi connectivity index (χ0) is 20.6. The summed E-state index contributed by atoms with van der Waals surface area (Å²) < 4.78 is 4.90. The summed E-state index contributed by atoms with van der Waals surface area (Å²) in [6.07, 6.45) is 19.4. The molecule has 0 atom stereocenters. The second-order valence-electron chi connectivity index (χ2n) is 8.03. The average Bonchev–Trinajstić information content (AvgIpc) is 2.64. The van der Waals surface area contributed by atoms with Crippen molar-refractivity contribution in [3.8, 4) is 5.75 Å². The van der Waals surface area contributed by atoms with Crippen LogP contribution in [-0.4, -0.2) is 10.9 Å². The lowest BCUT2D eigenvalue weighted by molar-refractivity contribution is 0.0972. The predicted molar refractivity (Wildman–Crippen MR) is 115 cm³/mol. The van der Waals surface area contributed by atoms with Gasteiger partial charge < -0.3 is 9.52 Å². The number of hydrogen-bond donors (Lipinski definition) is 1. The maximum atomic E-state index is 12.1. The maximum Gasteiger partial charge on any atom is 0.350 e. The zero-order valence-electron chi connectivity index (χ0n) is 18.1. The molecule has 0 aromatic carbocycles. The lowest BCUT2D eigenvalue weighted by Gasteiger charge is -2.04. The molecule has 0 bridgehead atoms. The minimum absolute atomic E-state index is 0.198. The van der Waals surface area contributed by atoms with E-state index in [1.807, 2.05) is 0 Å².